The summed E-state index contributed by atoms with van der Waals surface area (Å²) in [6, 6.07) is 4.99. The molecule has 4 atom stereocenters. The van der Waals surface area contributed by atoms with Crippen LogP contribution in [0.15, 0.2) is 18.2 Å². The molecule has 122 valence electrons. The molecule has 1 N–H and O–H groups in total. The summed E-state index contributed by atoms with van der Waals surface area (Å²) in [4.78, 5) is 24.5. The Morgan fingerprint density at radius 3 is 2.78 bits per heavy atom. The molecule has 2 saturated heterocycles. The Labute approximate surface area is 132 Å². The van der Waals surface area contributed by atoms with Crippen molar-refractivity contribution in [2.75, 3.05) is 13.7 Å². The molecule has 3 aliphatic heterocycles. The van der Waals surface area contributed by atoms with Gasteiger partial charge in [0.25, 0.3) is 0 Å². The van der Waals surface area contributed by atoms with Crippen LogP contribution in [-0.4, -0.2) is 48.1 Å². The Bertz CT molecular complexity index is 714. The van der Waals surface area contributed by atoms with Gasteiger partial charge in [0, 0.05) is 5.92 Å². The van der Waals surface area contributed by atoms with Crippen molar-refractivity contribution in [2.45, 2.75) is 30.8 Å². The molecule has 0 aromatic heterocycles. The summed E-state index contributed by atoms with van der Waals surface area (Å²) in [5.41, 5.74) is -1.10. The quantitative estimate of drug-likeness (QED) is 0.646. The molecule has 7 heteroatoms. The smallest absolute Gasteiger partial charge is 0.312 e. The molecule has 0 radical (unpaired) electrons. The fourth-order valence-corrected chi connectivity index (χ4v) is 3.63. The lowest BCUT2D eigenvalue weighted by molar-refractivity contribution is -0.145. The average Bonchev–Trinajstić information content (AvgIpc) is 2.93. The summed E-state index contributed by atoms with van der Waals surface area (Å²) >= 11 is 0. The van der Waals surface area contributed by atoms with Gasteiger partial charge < -0.3 is 24.1 Å². The third kappa shape index (κ3) is 1.61. The zero-order chi connectivity index (χ0) is 16.4. The number of ketones is 1. The van der Waals surface area contributed by atoms with Crippen molar-refractivity contribution >= 4 is 11.8 Å². The Morgan fingerprint density at radius 1 is 1.39 bits per heavy atom. The Balaban J connectivity index is 1.75. The van der Waals surface area contributed by atoms with E-state index in [9.17, 15) is 14.7 Å². The van der Waals surface area contributed by atoms with E-state index in [1.165, 1.54) is 7.11 Å². The molecule has 0 bridgehead atoms. The largest absolute Gasteiger partial charge is 0.496 e. The highest BCUT2D eigenvalue weighted by Crippen LogP contribution is 2.61. The van der Waals surface area contributed by atoms with E-state index in [4.69, 9.17) is 18.9 Å². The topological polar surface area (TPSA) is 94.6 Å². The molecule has 1 spiro atoms. The van der Waals surface area contributed by atoms with Crippen molar-refractivity contribution in [2.24, 2.45) is 5.92 Å². The second kappa shape index (κ2) is 4.46. The maximum Gasteiger partial charge on any atom is 0.312 e. The van der Waals surface area contributed by atoms with Crippen molar-refractivity contribution < 1.29 is 33.6 Å². The number of aliphatic hydroxyl groups excluding tert-OH is 1. The van der Waals surface area contributed by atoms with Crippen LogP contribution < -0.4 is 9.47 Å². The number of rotatable bonds is 3. The number of ether oxygens (including phenoxy) is 4. The normalized spacial score (nSPS) is 37.5. The minimum absolute atomic E-state index is 0.184. The molecule has 0 amide bonds. The van der Waals surface area contributed by atoms with E-state index in [2.05, 4.69) is 0 Å². The number of epoxide rings is 1. The Morgan fingerprint density at radius 2 is 2.17 bits per heavy atom. The zero-order valence-corrected chi connectivity index (χ0v) is 12.7. The van der Waals surface area contributed by atoms with Crippen LogP contribution in [0.5, 0.6) is 11.5 Å². The second-order valence-corrected chi connectivity index (χ2v) is 6.12. The number of benzene rings is 1. The third-order valence-electron chi connectivity index (χ3n) is 4.79. The molecule has 1 aromatic carbocycles. The van der Waals surface area contributed by atoms with Crippen LogP contribution in [0.1, 0.15) is 23.7 Å². The number of fused-ring (bicyclic) bond motifs is 1. The van der Waals surface area contributed by atoms with Gasteiger partial charge in [-0.15, -0.1) is 0 Å². The summed E-state index contributed by atoms with van der Waals surface area (Å²) in [5.74, 6) is -1.92. The van der Waals surface area contributed by atoms with Gasteiger partial charge in [0.1, 0.15) is 23.2 Å². The van der Waals surface area contributed by atoms with Crippen LogP contribution in [0.3, 0.4) is 0 Å². The van der Waals surface area contributed by atoms with Gasteiger partial charge in [-0.25, -0.2) is 0 Å². The van der Waals surface area contributed by atoms with Crippen LogP contribution in [0.2, 0.25) is 0 Å². The predicted molar refractivity (Wildman–Crippen MR) is 75.2 cm³/mol. The maximum atomic E-state index is 12.9. The van der Waals surface area contributed by atoms with E-state index in [0.717, 1.165) is 0 Å². The highest BCUT2D eigenvalue weighted by Gasteiger charge is 2.85. The van der Waals surface area contributed by atoms with Gasteiger partial charge in [-0.1, -0.05) is 13.0 Å². The van der Waals surface area contributed by atoms with E-state index in [0.29, 0.717) is 11.5 Å². The van der Waals surface area contributed by atoms with Crippen LogP contribution in [0, 0.1) is 5.92 Å². The van der Waals surface area contributed by atoms with E-state index >= 15 is 0 Å². The van der Waals surface area contributed by atoms with E-state index in [1.54, 1.807) is 18.2 Å². The summed E-state index contributed by atoms with van der Waals surface area (Å²) in [5, 5.41) is 9.89. The summed E-state index contributed by atoms with van der Waals surface area (Å²) in [6.07, 6.45) is -0.514. The minimum atomic E-state index is -1.65. The second-order valence-electron chi connectivity index (χ2n) is 6.12. The van der Waals surface area contributed by atoms with Gasteiger partial charge in [-0.3, -0.25) is 9.59 Å². The number of methoxy groups -OCH3 is 1. The molecule has 1 aromatic rings. The van der Waals surface area contributed by atoms with Gasteiger partial charge in [0.15, 0.2) is 0 Å². The van der Waals surface area contributed by atoms with Crippen LogP contribution in [-0.2, 0) is 14.3 Å². The van der Waals surface area contributed by atoms with Gasteiger partial charge in [-0.2, -0.15) is 0 Å². The van der Waals surface area contributed by atoms with Crippen molar-refractivity contribution in [3.05, 3.63) is 23.8 Å². The Kier molecular flexibility index (Phi) is 2.80. The highest BCUT2D eigenvalue weighted by atomic mass is 16.8. The van der Waals surface area contributed by atoms with Crippen molar-refractivity contribution in [1.29, 1.82) is 0 Å². The van der Waals surface area contributed by atoms with Crippen LogP contribution in [0.4, 0.5) is 0 Å². The molecule has 0 aliphatic carbocycles. The lowest BCUT2D eigenvalue weighted by Crippen LogP contribution is -2.47. The third-order valence-corrected chi connectivity index (χ3v) is 4.79. The van der Waals surface area contributed by atoms with Crippen LogP contribution >= 0.6 is 0 Å². The molecule has 3 aliphatic rings. The number of cyclic esters (lactones) is 1. The Hall–Kier alpha value is -2.12. The van der Waals surface area contributed by atoms with E-state index < -0.39 is 29.9 Å². The molecule has 0 saturated carbocycles. The van der Waals surface area contributed by atoms with Gasteiger partial charge in [0.2, 0.25) is 11.4 Å². The van der Waals surface area contributed by atoms with Gasteiger partial charge >= 0.3 is 11.8 Å². The summed E-state index contributed by atoms with van der Waals surface area (Å²) < 4.78 is 21.9. The molecule has 0 unspecified atom stereocenters. The van der Waals surface area contributed by atoms with Crippen molar-refractivity contribution in [1.82, 2.24) is 0 Å². The monoisotopic (exact) mass is 320 g/mol. The number of aliphatic hydroxyl groups is 1. The lowest BCUT2D eigenvalue weighted by atomic mass is 9.86. The SMILES string of the molecule is COc1cccc2c1C(=O)[C@]1(O2)O[C@@]1(CO)[C@H]1OC(=O)C[C@H]1C. The molecule has 23 heavy (non-hydrogen) atoms. The number of hydrogen-bond acceptors (Lipinski definition) is 7. The highest BCUT2D eigenvalue weighted by molar-refractivity contribution is 6.11. The molecular weight excluding hydrogens is 304 g/mol. The number of carbonyl (C=O) groups is 2. The minimum Gasteiger partial charge on any atom is -0.496 e. The number of Topliss-reactive ketones (excluding diaryl/α,β-unsaturated/α-hetero) is 1. The fraction of sp³-hybridized carbons (Fsp3) is 0.500. The molecule has 3 heterocycles. The summed E-state index contributed by atoms with van der Waals surface area (Å²) in [7, 11) is 1.46. The predicted octanol–water partition coefficient (Wildman–Crippen LogP) is 0.679. The molecule has 7 nitrogen and oxygen atoms in total. The maximum absolute atomic E-state index is 12.9. The van der Waals surface area contributed by atoms with Gasteiger partial charge in [0.05, 0.1) is 20.1 Å². The molecule has 4 rings (SSSR count). The lowest BCUT2D eigenvalue weighted by Gasteiger charge is -2.21. The van der Waals surface area contributed by atoms with Crippen LogP contribution in [0.25, 0.3) is 0 Å². The molecule has 2 fully saturated rings. The number of hydrogen-bond donors (Lipinski definition) is 1. The first-order chi connectivity index (χ1) is 11.0. The first-order valence-electron chi connectivity index (χ1n) is 7.40. The standard InChI is InChI=1S/C16H16O7/c1-8-6-11(18)21-14(8)15(7-17)16(23-15)13(19)12-9(20-2)4-3-5-10(12)22-16/h3-5,8,14,17H,6-7H2,1-2H3/t8-,14+,15+,16+/m1/s1. The van der Waals surface area contributed by atoms with Crippen molar-refractivity contribution in [3.8, 4) is 11.5 Å². The molecular formula is C16H16O7. The zero-order valence-electron chi connectivity index (χ0n) is 12.7. The number of carbonyl (C=O) groups excluding carboxylic acids is 2. The van der Waals surface area contributed by atoms with E-state index in [-0.39, 0.29) is 23.9 Å². The summed E-state index contributed by atoms with van der Waals surface area (Å²) in [6.45, 7) is 1.33. The fourth-order valence-electron chi connectivity index (χ4n) is 3.63. The first kappa shape index (κ1) is 14.5. The van der Waals surface area contributed by atoms with Gasteiger partial charge in [-0.05, 0) is 12.1 Å². The number of esters is 1. The van der Waals surface area contributed by atoms with Crippen molar-refractivity contribution in [3.63, 3.8) is 0 Å². The average molecular weight is 320 g/mol. The first-order valence-corrected chi connectivity index (χ1v) is 7.40. The van der Waals surface area contributed by atoms with E-state index in [1.807, 2.05) is 6.92 Å².